The Hall–Kier alpha value is -2.13. The second-order valence-corrected chi connectivity index (χ2v) is 7.49. The lowest BCUT2D eigenvalue weighted by atomic mass is 10.1. The standard InChI is InChI=1S/C16H22N2O6S/c1-23-16(20)13-5-3-4-6-14(13)18(25(2,21)22)8-7-15(19)17-9-11-24-12-10-17/h3-6H,7-12H2,1-2H3. The molecule has 25 heavy (non-hydrogen) atoms. The Morgan fingerprint density at radius 2 is 1.88 bits per heavy atom. The van der Waals surface area contributed by atoms with E-state index in [9.17, 15) is 18.0 Å². The quantitative estimate of drug-likeness (QED) is 0.677. The lowest BCUT2D eigenvalue weighted by Gasteiger charge is -2.29. The van der Waals surface area contributed by atoms with Gasteiger partial charge in [-0.15, -0.1) is 0 Å². The number of anilines is 1. The summed E-state index contributed by atoms with van der Waals surface area (Å²) in [5.41, 5.74) is 0.334. The molecule has 1 aliphatic rings. The van der Waals surface area contributed by atoms with Crippen molar-refractivity contribution in [3.63, 3.8) is 0 Å². The van der Waals surface area contributed by atoms with Crippen LogP contribution in [0.25, 0.3) is 0 Å². The van der Waals surface area contributed by atoms with Crippen LogP contribution in [-0.2, 0) is 24.3 Å². The minimum Gasteiger partial charge on any atom is -0.465 e. The van der Waals surface area contributed by atoms with Crippen LogP contribution in [-0.4, -0.2) is 71.4 Å². The lowest BCUT2D eigenvalue weighted by Crippen LogP contribution is -2.42. The second kappa shape index (κ2) is 8.30. The Kier molecular flexibility index (Phi) is 6.38. The number of amides is 1. The number of ether oxygens (including phenoxy) is 2. The van der Waals surface area contributed by atoms with Gasteiger partial charge in [0.15, 0.2) is 0 Å². The van der Waals surface area contributed by atoms with E-state index in [0.29, 0.717) is 26.3 Å². The van der Waals surface area contributed by atoms with Gasteiger partial charge in [-0.05, 0) is 12.1 Å². The van der Waals surface area contributed by atoms with E-state index in [1.807, 2.05) is 0 Å². The van der Waals surface area contributed by atoms with Gasteiger partial charge in [-0.2, -0.15) is 0 Å². The molecule has 9 heteroatoms. The normalized spacial score (nSPS) is 14.9. The number of rotatable bonds is 6. The van der Waals surface area contributed by atoms with Gasteiger partial charge in [0.2, 0.25) is 15.9 Å². The molecule has 0 saturated carbocycles. The van der Waals surface area contributed by atoms with Gasteiger partial charge in [-0.25, -0.2) is 13.2 Å². The zero-order chi connectivity index (χ0) is 18.4. The SMILES string of the molecule is COC(=O)c1ccccc1N(CCC(=O)N1CCOCC1)S(C)(=O)=O. The third kappa shape index (κ3) is 4.93. The Morgan fingerprint density at radius 3 is 2.48 bits per heavy atom. The molecule has 1 heterocycles. The molecule has 1 saturated heterocycles. The molecule has 138 valence electrons. The molecular formula is C16H22N2O6S. The molecule has 0 spiro atoms. The van der Waals surface area contributed by atoms with E-state index in [4.69, 9.17) is 9.47 Å². The zero-order valence-electron chi connectivity index (χ0n) is 14.3. The first-order valence-electron chi connectivity index (χ1n) is 7.85. The first-order valence-corrected chi connectivity index (χ1v) is 9.70. The third-order valence-corrected chi connectivity index (χ3v) is 5.05. The van der Waals surface area contributed by atoms with Gasteiger partial charge in [0.25, 0.3) is 0 Å². The van der Waals surface area contributed by atoms with Gasteiger partial charge in [-0.3, -0.25) is 9.10 Å². The van der Waals surface area contributed by atoms with Gasteiger partial charge >= 0.3 is 5.97 Å². The number of benzene rings is 1. The molecule has 0 N–H and O–H groups in total. The van der Waals surface area contributed by atoms with E-state index in [2.05, 4.69) is 0 Å². The van der Waals surface area contributed by atoms with E-state index in [1.165, 1.54) is 19.2 Å². The molecule has 1 fully saturated rings. The molecule has 1 aliphatic heterocycles. The Morgan fingerprint density at radius 1 is 1.24 bits per heavy atom. The first kappa shape index (κ1) is 19.2. The van der Waals surface area contributed by atoms with E-state index < -0.39 is 16.0 Å². The fourth-order valence-electron chi connectivity index (χ4n) is 2.61. The first-order chi connectivity index (χ1) is 11.8. The van der Waals surface area contributed by atoms with E-state index in [0.717, 1.165) is 10.6 Å². The van der Waals surface area contributed by atoms with Crippen molar-refractivity contribution in [1.29, 1.82) is 0 Å². The van der Waals surface area contributed by atoms with Crippen molar-refractivity contribution in [3.8, 4) is 0 Å². The van der Waals surface area contributed by atoms with Crippen molar-refractivity contribution in [1.82, 2.24) is 4.90 Å². The molecule has 1 aromatic rings. The van der Waals surface area contributed by atoms with Crippen molar-refractivity contribution in [2.45, 2.75) is 6.42 Å². The monoisotopic (exact) mass is 370 g/mol. The summed E-state index contributed by atoms with van der Waals surface area (Å²) >= 11 is 0. The lowest BCUT2D eigenvalue weighted by molar-refractivity contribution is -0.135. The van der Waals surface area contributed by atoms with Crippen molar-refractivity contribution in [2.75, 3.05) is 50.5 Å². The van der Waals surface area contributed by atoms with E-state index in [-0.39, 0.29) is 30.1 Å². The summed E-state index contributed by atoms with van der Waals surface area (Å²) in [5, 5.41) is 0. The summed E-state index contributed by atoms with van der Waals surface area (Å²) in [4.78, 5) is 25.9. The number of para-hydroxylation sites is 1. The highest BCUT2D eigenvalue weighted by molar-refractivity contribution is 7.92. The highest BCUT2D eigenvalue weighted by Gasteiger charge is 2.25. The van der Waals surface area contributed by atoms with Crippen LogP contribution in [0.15, 0.2) is 24.3 Å². The predicted molar refractivity (Wildman–Crippen MR) is 92.0 cm³/mol. The molecule has 0 bridgehead atoms. The summed E-state index contributed by atoms with van der Waals surface area (Å²) in [6.07, 6.45) is 1.06. The minimum atomic E-state index is -3.68. The number of morpholine rings is 1. The van der Waals surface area contributed by atoms with Gasteiger partial charge in [0.1, 0.15) is 0 Å². The zero-order valence-corrected chi connectivity index (χ0v) is 15.1. The summed E-state index contributed by atoms with van der Waals surface area (Å²) in [6.45, 7) is 1.90. The number of methoxy groups -OCH3 is 1. The molecule has 0 radical (unpaired) electrons. The maximum Gasteiger partial charge on any atom is 0.340 e. The van der Waals surface area contributed by atoms with Crippen molar-refractivity contribution in [2.24, 2.45) is 0 Å². The maximum absolute atomic E-state index is 12.3. The van der Waals surface area contributed by atoms with Crippen LogP contribution < -0.4 is 4.31 Å². The molecule has 1 amide bonds. The van der Waals surface area contributed by atoms with Gasteiger partial charge in [-0.1, -0.05) is 12.1 Å². The van der Waals surface area contributed by atoms with Gasteiger partial charge < -0.3 is 14.4 Å². The van der Waals surface area contributed by atoms with Gasteiger partial charge in [0.05, 0.1) is 37.8 Å². The summed E-state index contributed by atoms with van der Waals surface area (Å²) in [5.74, 6) is -0.781. The van der Waals surface area contributed by atoms with Crippen LogP contribution in [0.4, 0.5) is 5.69 Å². The van der Waals surface area contributed by atoms with Crippen LogP contribution in [0.1, 0.15) is 16.8 Å². The Bertz CT molecular complexity index is 728. The van der Waals surface area contributed by atoms with Gasteiger partial charge in [0, 0.05) is 26.1 Å². The van der Waals surface area contributed by atoms with E-state index in [1.54, 1.807) is 17.0 Å². The number of sulfonamides is 1. The van der Waals surface area contributed by atoms with Crippen LogP contribution in [0.2, 0.25) is 0 Å². The summed E-state index contributed by atoms with van der Waals surface area (Å²) < 4.78 is 35.4. The second-order valence-electron chi connectivity index (χ2n) is 5.59. The largest absolute Gasteiger partial charge is 0.465 e. The van der Waals surface area contributed by atoms with E-state index >= 15 is 0 Å². The summed E-state index contributed by atoms with van der Waals surface area (Å²) in [7, 11) is -2.45. The van der Waals surface area contributed by atoms with Crippen LogP contribution in [0, 0.1) is 0 Å². The maximum atomic E-state index is 12.3. The average molecular weight is 370 g/mol. The molecule has 8 nitrogen and oxygen atoms in total. The van der Waals surface area contributed by atoms with Crippen molar-refractivity contribution < 1.29 is 27.5 Å². The highest BCUT2D eigenvalue weighted by Crippen LogP contribution is 2.24. The molecule has 0 unspecified atom stereocenters. The van der Waals surface area contributed by atoms with Crippen LogP contribution in [0.3, 0.4) is 0 Å². The van der Waals surface area contributed by atoms with Crippen LogP contribution in [0.5, 0.6) is 0 Å². The number of hydrogen-bond acceptors (Lipinski definition) is 6. The number of nitrogens with zero attached hydrogens (tertiary/aromatic N) is 2. The van der Waals surface area contributed by atoms with Crippen molar-refractivity contribution >= 4 is 27.6 Å². The molecule has 0 atom stereocenters. The third-order valence-electron chi connectivity index (χ3n) is 3.87. The smallest absolute Gasteiger partial charge is 0.340 e. The molecule has 2 rings (SSSR count). The predicted octanol–water partition coefficient (Wildman–Crippen LogP) is 0.488. The Labute approximate surface area is 147 Å². The summed E-state index contributed by atoms with van der Waals surface area (Å²) in [6, 6.07) is 6.26. The molecule has 0 aliphatic carbocycles. The fourth-order valence-corrected chi connectivity index (χ4v) is 3.55. The highest BCUT2D eigenvalue weighted by atomic mass is 32.2. The molecule has 1 aromatic carbocycles. The Balaban J connectivity index is 2.21. The molecule has 0 aromatic heterocycles. The number of esters is 1. The average Bonchev–Trinajstić information content (AvgIpc) is 2.61. The topological polar surface area (TPSA) is 93.2 Å². The van der Waals surface area contributed by atoms with Crippen LogP contribution >= 0.6 is 0 Å². The number of hydrogen-bond donors (Lipinski definition) is 0. The fraction of sp³-hybridized carbons (Fsp3) is 0.500. The minimum absolute atomic E-state index is 0.0164. The molecular weight excluding hydrogens is 348 g/mol. The van der Waals surface area contributed by atoms with Crippen molar-refractivity contribution in [3.05, 3.63) is 29.8 Å². The number of carbonyl (C=O) groups excluding carboxylic acids is 2. The number of carbonyl (C=O) groups is 2.